The minimum atomic E-state index is -0.109. The highest BCUT2D eigenvalue weighted by Gasteiger charge is 2.25. The zero-order valence-corrected chi connectivity index (χ0v) is 16.9. The van der Waals surface area contributed by atoms with E-state index in [-0.39, 0.29) is 17.6 Å². The smallest absolute Gasteiger partial charge is 0.226 e. The maximum Gasteiger partial charge on any atom is 0.226 e. The number of nitrogens with zero attached hydrogens (tertiary/aromatic N) is 2. The molecule has 0 aliphatic heterocycles. The molecule has 0 radical (unpaired) electrons. The molecule has 0 saturated heterocycles. The summed E-state index contributed by atoms with van der Waals surface area (Å²) in [5, 5.41) is 18.2. The zero-order valence-electron chi connectivity index (χ0n) is 16.9. The van der Waals surface area contributed by atoms with Crippen molar-refractivity contribution in [2.24, 2.45) is 5.92 Å². The topological polar surface area (TPSA) is 67.2 Å². The van der Waals surface area contributed by atoms with Crippen LogP contribution in [0.4, 0.5) is 5.69 Å². The van der Waals surface area contributed by atoms with Gasteiger partial charge in [-0.3, -0.25) is 9.48 Å². The third-order valence-electron chi connectivity index (χ3n) is 5.57. The molecule has 5 nitrogen and oxygen atoms in total. The largest absolute Gasteiger partial charge is 0.507 e. The van der Waals surface area contributed by atoms with E-state index in [1.165, 1.54) is 30.5 Å². The molecule has 1 amide bonds. The molecule has 1 saturated carbocycles. The molecule has 1 aliphatic rings. The molecule has 0 spiro atoms. The van der Waals surface area contributed by atoms with E-state index in [1.54, 1.807) is 18.2 Å². The summed E-state index contributed by atoms with van der Waals surface area (Å²) in [5.74, 6) is 0.525. The molecule has 2 aromatic carbocycles. The molecule has 1 aliphatic carbocycles. The summed E-state index contributed by atoms with van der Waals surface area (Å²) in [4.78, 5) is 12.0. The first-order valence-electron chi connectivity index (χ1n) is 10.3. The highest BCUT2D eigenvalue weighted by Crippen LogP contribution is 2.39. The van der Waals surface area contributed by atoms with Crippen LogP contribution < -0.4 is 5.32 Å². The van der Waals surface area contributed by atoms with Crippen molar-refractivity contribution in [3.8, 4) is 17.0 Å². The highest BCUT2D eigenvalue weighted by atomic mass is 16.3. The first kappa shape index (κ1) is 19.2. The number of anilines is 1. The average Bonchev–Trinajstić information content (AvgIpc) is 3.05. The number of nitrogens with one attached hydrogen (secondary N) is 1. The first-order valence-corrected chi connectivity index (χ1v) is 10.3. The summed E-state index contributed by atoms with van der Waals surface area (Å²) in [6.07, 6.45) is 3.60. The Bertz CT molecular complexity index is 1000. The predicted octanol–water partition coefficient (Wildman–Crippen LogP) is 5.17. The van der Waals surface area contributed by atoms with E-state index in [2.05, 4.69) is 28.2 Å². The maximum absolute atomic E-state index is 12.0. The lowest BCUT2D eigenvalue weighted by atomic mass is 9.82. The number of hydrogen-bond acceptors (Lipinski definition) is 3. The molecule has 150 valence electrons. The molecule has 1 heterocycles. The Morgan fingerprint density at radius 1 is 1.17 bits per heavy atom. The van der Waals surface area contributed by atoms with E-state index < -0.39 is 0 Å². The summed E-state index contributed by atoms with van der Waals surface area (Å²) in [5.41, 5.74) is 4.45. The van der Waals surface area contributed by atoms with Crippen LogP contribution in [-0.2, 0) is 11.3 Å². The van der Waals surface area contributed by atoms with E-state index in [0.717, 1.165) is 5.69 Å². The summed E-state index contributed by atoms with van der Waals surface area (Å²) in [6.45, 7) is 4.41. The highest BCUT2D eigenvalue weighted by molar-refractivity contribution is 5.93. The van der Waals surface area contributed by atoms with Gasteiger partial charge in [0.2, 0.25) is 5.91 Å². The minimum absolute atomic E-state index is 0.0496. The third-order valence-corrected chi connectivity index (χ3v) is 5.57. The molecule has 0 unspecified atom stereocenters. The number of amides is 1. The summed E-state index contributed by atoms with van der Waals surface area (Å²) in [7, 11) is 0. The Hall–Kier alpha value is -3.08. The monoisotopic (exact) mass is 389 g/mol. The fourth-order valence-corrected chi connectivity index (χ4v) is 3.58. The van der Waals surface area contributed by atoms with Gasteiger partial charge in [0.25, 0.3) is 0 Å². The second kappa shape index (κ2) is 8.11. The second-order valence-corrected chi connectivity index (χ2v) is 8.10. The first-order chi connectivity index (χ1) is 14.0. The Morgan fingerprint density at radius 3 is 2.59 bits per heavy atom. The van der Waals surface area contributed by atoms with Gasteiger partial charge in [-0.2, -0.15) is 5.10 Å². The van der Waals surface area contributed by atoms with E-state index in [9.17, 15) is 9.90 Å². The normalized spacial score (nSPS) is 14.0. The van der Waals surface area contributed by atoms with E-state index in [0.29, 0.717) is 23.7 Å². The molecule has 4 rings (SSSR count). The van der Waals surface area contributed by atoms with Crippen LogP contribution in [0.3, 0.4) is 0 Å². The van der Waals surface area contributed by atoms with Crippen molar-refractivity contribution in [1.29, 1.82) is 0 Å². The third kappa shape index (κ3) is 4.19. The number of hydrogen-bond donors (Lipinski definition) is 2. The number of aromatic nitrogens is 2. The quantitative estimate of drug-likeness (QED) is 0.572. The Labute approximate surface area is 171 Å². The van der Waals surface area contributed by atoms with Crippen LogP contribution in [0.25, 0.3) is 11.3 Å². The van der Waals surface area contributed by atoms with Gasteiger partial charge < -0.3 is 10.4 Å². The summed E-state index contributed by atoms with van der Waals surface area (Å²) >= 11 is 0. The van der Waals surface area contributed by atoms with E-state index in [4.69, 9.17) is 5.10 Å². The molecule has 5 heteroatoms. The van der Waals surface area contributed by atoms with Crippen molar-refractivity contribution < 1.29 is 9.90 Å². The minimum Gasteiger partial charge on any atom is -0.507 e. The van der Waals surface area contributed by atoms with Gasteiger partial charge in [0.15, 0.2) is 0 Å². The molecule has 1 fully saturated rings. The van der Waals surface area contributed by atoms with Crippen LogP contribution in [0.2, 0.25) is 0 Å². The van der Waals surface area contributed by atoms with Crippen LogP contribution in [-0.4, -0.2) is 20.8 Å². The van der Waals surface area contributed by atoms with Crippen LogP contribution in [0.5, 0.6) is 5.75 Å². The molecular formula is C24H27N3O2. The van der Waals surface area contributed by atoms with Gasteiger partial charge in [-0.05, 0) is 42.7 Å². The summed E-state index contributed by atoms with van der Waals surface area (Å²) in [6, 6.07) is 17.5. The van der Waals surface area contributed by atoms with Crippen LogP contribution >= 0.6 is 0 Å². The van der Waals surface area contributed by atoms with Gasteiger partial charge in [0.05, 0.1) is 12.2 Å². The lowest BCUT2D eigenvalue weighted by molar-refractivity contribution is -0.118. The zero-order chi connectivity index (χ0) is 20.4. The van der Waals surface area contributed by atoms with Crippen LogP contribution in [0.1, 0.15) is 50.3 Å². The lowest BCUT2D eigenvalue weighted by Crippen LogP contribution is -2.17. The van der Waals surface area contributed by atoms with Gasteiger partial charge in [-0.15, -0.1) is 0 Å². The Kier molecular flexibility index (Phi) is 5.38. The summed E-state index contributed by atoms with van der Waals surface area (Å²) < 4.78 is 2.06. The number of benzene rings is 2. The SMILES string of the molecule is CC(C)C(=O)Nc1ccc(O)c(-c2cc(C3CCC3)n(Cc3ccccc3)n2)c1. The molecule has 29 heavy (non-hydrogen) atoms. The Morgan fingerprint density at radius 2 is 1.93 bits per heavy atom. The van der Waals surface area contributed by atoms with E-state index >= 15 is 0 Å². The number of carbonyl (C=O) groups excluding carboxylic acids is 1. The molecule has 0 atom stereocenters. The number of rotatable bonds is 6. The van der Waals surface area contributed by atoms with Gasteiger partial charge in [0, 0.05) is 28.8 Å². The standard InChI is InChI=1S/C24H27N3O2/c1-16(2)24(29)25-19-11-12-23(28)20(13-19)21-14-22(18-9-6-10-18)27(26-21)15-17-7-4-3-5-8-17/h3-5,7-8,11-14,16,18,28H,6,9-10,15H2,1-2H3,(H,25,29). The molecule has 2 N–H and O–H groups in total. The van der Waals surface area contributed by atoms with Gasteiger partial charge in [-0.1, -0.05) is 50.6 Å². The van der Waals surface area contributed by atoms with Crippen molar-refractivity contribution in [3.63, 3.8) is 0 Å². The van der Waals surface area contributed by atoms with Crippen molar-refractivity contribution in [2.45, 2.75) is 45.6 Å². The fraction of sp³-hybridized carbons (Fsp3) is 0.333. The average molecular weight is 389 g/mol. The Balaban J connectivity index is 1.68. The number of aromatic hydroxyl groups is 1. The predicted molar refractivity (Wildman–Crippen MR) is 115 cm³/mol. The second-order valence-electron chi connectivity index (χ2n) is 8.10. The molecule has 1 aromatic heterocycles. The van der Waals surface area contributed by atoms with Crippen molar-refractivity contribution in [2.75, 3.05) is 5.32 Å². The maximum atomic E-state index is 12.0. The number of phenolic OH excluding ortho intramolecular Hbond substituents is 1. The van der Waals surface area contributed by atoms with Gasteiger partial charge in [0.1, 0.15) is 5.75 Å². The van der Waals surface area contributed by atoms with E-state index in [1.807, 2.05) is 32.0 Å². The van der Waals surface area contributed by atoms with Gasteiger partial charge in [-0.25, -0.2) is 0 Å². The lowest BCUT2D eigenvalue weighted by Gasteiger charge is -2.26. The van der Waals surface area contributed by atoms with Crippen molar-refractivity contribution in [1.82, 2.24) is 9.78 Å². The molecule has 3 aromatic rings. The van der Waals surface area contributed by atoms with Crippen LogP contribution in [0, 0.1) is 5.92 Å². The van der Waals surface area contributed by atoms with Crippen molar-refractivity contribution in [3.05, 3.63) is 65.9 Å². The van der Waals surface area contributed by atoms with Crippen molar-refractivity contribution >= 4 is 11.6 Å². The number of carbonyl (C=O) groups is 1. The van der Waals surface area contributed by atoms with Crippen LogP contribution in [0.15, 0.2) is 54.6 Å². The fourth-order valence-electron chi connectivity index (χ4n) is 3.58. The molecule has 0 bridgehead atoms. The molecular weight excluding hydrogens is 362 g/mol. The number of phenols is 1. The van der Waals surface area contributed by atoms with Gasteiger partial charge >= 0.3 is 0 Å².